The fourth-order valence-corrected chi connectivity index (χ4v) is 2.44. The van der Waals surface area contributed by atoms with Crippen LogP contribution in [0.2, 0.25) is 5.02 Å². The lowest BCUT2D eigenvalue weighted by molar-refractivity contribution is -0.384. The van der Waals surface area contributed by atoms with Crippen molar-refractivity contribution < 1.29 is 9.31 Å². The van der Waals surface area contributed by atoms with E-state index in [0.29, 0.717) is 6.04 Å². The summed E-state index contributed by atoms with van der Waals surface area (Å²) in [6.45, 7) is 2.88. The van der Waals surface area contributed by atoms with Gasteiger partial charge in [-0.1, -0.05) is 11.6 Å². The Balaban J connectivity index is 2.23. The van der Waals surface area contributed by atoms with Crippen molar-refractivity contribution in [3.05, 3.63) is 33.1 Å². The Kier molecular flexibility index (Phi) is 4.21. The molecule has 0 aromatic heterocycles. The van der Waals surface area contributed by atoms with E-state index in [-0.39, 0.29) is 22.4 Å². The highest BCUT2D eigenvalue weighted by Gasteiger charge is 2.23. The summed E-state index contributed by atoms with van der Waals surface area (Å²) in [5.74, 6) is -0.656. The van der Waals surface area contributed by atoms with Crippen LogP contribution in [0.1, 0.15) is 19.8 Å². The first-order valence-electron chi connectivity index (χ1n) is 6.10. The van der Waals surface area contributed by atoms with Crippen LogP contribution in [0.4, 0.5) is 15.8 Å². The maximum Gasteiger partial charge on any atom is 0.294 e. The van der Waals surface area contributed by atoms with Crippen molar-refractivity contribution in [1.82, 2.24) is 5.32 Å². The van der Waals surface area contributed by atoms with Crippen molar-refractivity contribution in [3.63, 3.8) is 0 Å². The number of nitro benzene ring substituents is 1. The summed E-state index contributed by atoms with van der Waals surface area (Å²) in [6.07, 6.45) is 1.67. The van der Waals surface area contributed by atoms with Gasteiger partial charge in [0.05, 0.1) is 9.95 Å². The van der Waals surface area contributed by atoms with Gasteiger partial charge in [-0.3, -0.25) is 10.1 Å². The zero-order valence-corrected chi connectivity index (χ0v) is 11.2. The largest absolute Gasteiger partial charge is 0.377 e. The lowest BCUT2D eigenvalue weighted by atomic mass is 10.0. The molecule has 0 amide bonds. The number of hydrogen-bond acceptors (Lipinski definition) is 4. The van der Waals surface area contributed by atoms with Crippen molar-refractivity contribution in [3.8, 4) is 0 Å². The molecule has 0 radical (unpaired) electrons. The Labute approximate surface area is 115 Å². The van der Waals surface area contributed by atoms with E-state index in [9.17, 15) is 14.5 Å². The molecule has 1 heterocycles. The van der Waals surface area contributed by atoms with Crippen LogP contribution >= 0.6 is 11.6 Å². The number of hydrogen-bond donors (Lipinski definition) is 2. The normalized spacial score (nSPS) is 23.1. The molecule has 7 heteroatoms. The number of halogens is 2. The van der Waals surface area contributed by atoms with E-state index in [1.807, 2.05) is 6.92 Å². The van der Waals surface area contributed by atoms with E-state index in [2.05, 4.69) is 10.6 Å². The highest BCUT2D eigenvalue weighted by Crippen LogP contribution is 2.31. The van der Waals surface area contributed by atoms with E-state index in [0.717, 1.165) is 31.5 Å². The predicted octanol–water partition coefficient (Wildman–Crippen LogP) is 2.94. The van der Waals surface area contributed by atoms with Crippen molar-refractivity contribution in [2.24, 2.45) is 0 Å². The van der Waals surface area contributed by atoms with Crippen LogP contribution in [0.3, 0.4) is 0 Å². The molecule has 2 rings (SSSR count). The van der Waals surface area contributed by atoms with Gasteiger partial charge < -0.3 is 10.6 Å². The smallest absolute Gasteiger partial charge is 0.294 e. The first-order valence-corrected chi connectivity index (χ1v) is 6.48. The average molecular weight is 288 g/mol. The van der Waals surface area contributed by atoms with Gasteiger partial charge in [-0.25, -0.2) is 4.39 Å². The van der Waals surface area contributed by atoms with Gasteiger partial charge in [-0.15, -0.1) is 0 Å². The summed E-state index contributed by atoms with van der Waals surface area (Å²) in [4.78, 5) is 10.4. The van der Waals surface area contributed by atoms with Crippen LogP contribution in [0, 0.1) is 15.9 Å². The highest BCUT2D eigenvalue weighted by molar-refractivity contribution is 6.31. The minimum absolute atomic E-state index is 0.0931. The molecule has 1 fully saturated rings. The molecule has 5 nitrogen and oxygen atoms in total. The first kappa shape index (κ1) is 14.0. The molecule has 0 aliphatic carbocycles. The summed E-state index contributed by atoms with van der Waals surface area (Å²) >= 11 is 5.58. The molecule has 0 saturated carbocycles. The van der Waals surface area contributed by atoms with Gasteiger partial charge in [0.15, 0.2) is 0 Å². The third kappa shape index (κ3) is 3.33. The van der Waals surface area contributed by atoms with Gasteiger partial charge in [0, 0.05) is 24.2 Å². The van der Waals surface area contributed by atoms with Gasteiger partial charge in [-0.05, 0) is 26.3 Å². The van der Waals surface area contributed by atoms with Gasteiger partial charge in [0.2, 0.25) is 0 Å². The first-order chi connectivity index (χ1) is 8.97. The van der Waals surface area contributed by atoms with E-state index in [1.165, 1.54) is 0 Å². The zero-order chi connectivity index (χ0) is 14.0. The molecule has 0 bridgehead atoms. The highest BCUT2D eigenvalue weighted by atomic mass is 35.5. The van der Waals surface area contributed by atoms with Crippen molar-refractivity contribution in [2.75, 3.05) is 11.9 Å². The number of piperidine rings is 1. The van der Waals surface area contributed by atoms with E-state index < -0.39 is 10.7 Å². The molecular formula is C12H15ClFN3O2. The van der Waals surface area contributed by atoms with Crippen LogP contribution in [0.15, 0.2) is 12.1 Å². The van der Waals surface area contributed by atoms with Gasteiger partial charge in [0.25, 0.3) is 5.69 Å². The Morgan fingerprint density at radius 1 is 1.58 bits per heavy atom. The fourth-order valence-electron chi connectivity index (χ4n) is 2.29. The second kappa shape index (κ2) is 5.71. The molecule has 1 saturated heterocycles. The molecular weight excluding hydrogens is 273 g/mol. The molecule has 1 aromatic carbocycles. The predicted molar refractivity (Wildman–Crippen MR) is 72.2 cm³/mol. The molecule has 1 aliphatic heterocycles. The molecule has 1 aromatic rings. The summed E-state index contributed by atoms with van der Waals surface area (Å²) < 4.78 is 13.4. The number of nitro groups is 1. The monoisotopic (exact) mass is 287 g/mol. The topological polar surface area (TPSA) is 67.2 Å². The lowest BCUT2D eigenvalue weighted by Gasteiger charge is -2.29. The maximum atomic E-state index is 13.4. The SMILES string of the molecule is CC1CC(Nc2cc(F)c(Cl)cc2[N+](=O)[O-])CCN1. The summed E-state index contributed by atoms with van der Waals surface area (Å²) in [5.41, 5.74) is -0.0106. The third-order valence-electron chi connectivity index (χ3n) is 3.22. The van der Waals surface area contributed by atoms with Crippen LogP contribution in [0.25, 0.3) is 0 Å². The summed E-state index contributed by atoms with van der Waals surface area (Å²) in [6, 6.07) is 2.56. The summed E-state index contributed by atoms with van der Waals surface area (Å²) in [7, 11) is 0. The standard InChI is InChI=1S/C12H15ClFN3O2/c1-7-4-8(2-3-15-7)16-11-6-10(14)9(13)5-12(11)17(18)19/h5-8,15-16H,2-4H2,1H3. The van der Waals surface area contributed by atoms with Gasteiger partial charge >= 0.3 is 0 Å². The fraction of sp³-hybridized carbons (Fsp3) is 0.500. The molecule has 104 valence electrons. The number of benzene rings is 1. The molecule has 1 aliphatic rings. The van der Waals surface area contributed by atoms with Crippen molar-refractivity contribution in [2.45, 2.75) is 31.8 Å². The summed E-state index contributed by atoms with van der Waals surface area (Å²) in [5, 5.41) is 17.1. The molecule has 2 N–H and O–H groups in total. The van der Waals surface area contributed by atoms with Crippen LogP contribution in [-0.4, -0.2) is 23.6 Å². The van der Waals surface area contributed by atoms with Crippen molar-refractivity contribution in [1.29, 1.82) is 0 Å². The minimum Gasteiger partial charge on any atom is -0.377 e. The molecule has 19 heavy (non-hydrogen) atoms. The Morgan fingerprint density at radius 2 is 2.32 bits per heavy atom. The third-order valence-corrected chi connectivity index (χ3v) is 3.51. The second-order valence-electron chi connectivity index (χ2n) is 4.76. The average Bonchev–Trinajstić information content (AvgIpc) is 2.33. The molecule has 2 unspecified atom stereocenters. The Bertz CT molecular complexity index is 498. The number of anilines is 1. The minimum atomic E-state index is -0.656. The number of nitrogens with one attached hydrogen (secondary N) is 2. The van der Waals surface area contributed by atoms with E-state index in [4.69, 9.17) is 11.6 Å². The van der Waals surface area contributed by atoms with Crippen LogP contribution in [0.5, 0.6) is 0 Å². The second-order valence-corrected chi connectivity index (χ2v) is 5.17. The quantitative estimate of drug-likeness (QED) is 0.662. The van der Waals surface area contributed by atoms with Gasteiger partial charge in [-0.2, -0.15) is 0 Å². The van der Waals surface area contributed by atoms with E-state index >= 15 is 0 Å². The van der Waals surface area contributed by atoms with Crippen molar-refractivity contribution >= 4 is 23.0 Å². The number of rotatable bonds is 3. The zero-order valence-electron chi connectivity index (χ0n) is 10.5. The lowest BCUT2D eigenvalue weighted by Crippen LogP contribution is -2.41. The van der Waals surface area contributed by atoms with Crippen LogP contribution < -0.4 is 10.6 Å². The molecule has 0 spiro atoms. The van der Waals surface area contributed by atoms with Gasteiger partial charge in [0.1, 0.15) is 11.5 Å². The Morgan fingerprint density at radius 3 is 2.95 bits per heavy atom. The number of nitrogens with zero attached hydrogens (tertiary/aromatic N) is 1. The maximum absolute atomic E-state index is 13.4. The van der Waals surface area contributed by atoms with E-state index in [1.54, 1.807) is 0 Å². The Hall–Kier alpha value is -1.40. The molecule has 2 atom stereocenters. The van der Waals surface area contributed by atoms with Crippen LogP contribution in [-0.2, 0) is 0 Å².